The van der Waals surface area contributed by atoms with Gasteiger partial charge in [0, 0.05) is 55.3 Å². The van der Waals surface area contributed by atoms with Crippen molar-refractivity contribution in [1.82, 2.24) is 20.3 Å². The SMILES string of the molecule is O=C(NCCc1ccccn1)c1ccc(CSc2nc(Cl)cc(N3CCC(Cc4ccccc4)CC3)n2)cc1. The molecule has 1 fully saturated rings. The first-order valence-corrected chi connectivity index (χ1v) is 14.7. The molecule has 200 valence electrons. The minimum absolute atomic E-state index is 0.0829. The van der Waals surface area contributed by atoms with Crippen LogP contribution in [0.4, 0.5) is 5.82 Å². The highest BCUT2D eigenvalue weighted by Gasteiger charge is 2.21. The van der Waals surface area contributed by atoms with Crippen LogP contribution in [0.2, 0.25) is 5.15 Å². The third kappa shape index (κ3) is 8.04. The topological polar surface area (TPSA) is 71.0 Å². The molecule has 2 aromatic heterocycles. The first kappa shape index (κ1) is 27.2. The zero-order valence-corrected chi connectivity index (χ0v) is 23.4. The standard InChI is InChI=1S/C31H32ClN5OS/c32-28-21-29(37-18-14-24(15-19-37)20-23-6-2-1-3-7-23)36-31(35-28)39-22-25-9-11-26(12-10-25)30(38)34-17-13-27-8-4-5-16-33-27/h1-12,16,21,24H,13-15,17-20,22H2,(H,34,38). The summed E-state index contributed by atoms with van der Waals surface area (Å²) in [5, 5.41) is 4.09. The molecule has 0 aliphatic carbocycles. The van der Waals surface area contributed by atoms with Gasteiger partial charge in [-0.3, -0.25) is 9.78 Å². The molecule has 0 spiro atoms. The van der Waals surface area contributed by atoms with Crippen molar-refractivity contribution in [2.45, 2.75) is 36.6 Å². The highest BCUT2D eigenvalue weighted by atomic mass is 35.5. The van der Waals surface area contributed by atoms with Crippen molar-refractivity contribution in [2.75, 3.05) is 24.5 Å². The fourth-order valence-electron chi connectivity index (χ4n) is 4.78. The molecular weight excluding hydrogens is 526 g/mol. The Bertz CT molecular complexity index is 1350. The fourth-order valence-corrected chi connectivity index (χ4v) is 5.81. The van der Waals surface area contributed by atoms with Crippen molar-refractivity contribution in [3.63, 3.8) is 0 Å². The van der Waals surface area contributed by atoms with E-state index in [1.807, 2.05) is 48.5 Å². The summed E-state index contributed by atoms with van der Waals surface area (Å²) in [6.45, 7) is 2.49. The third-order valence-corrected chi connectivity index (χ3v) is 8.06. The summed E-state index contributed by atoms with van der Waals surface area (Å²) in [6, 6.07) is 26.1. The molecule has 1 amide bonds. The van der Waals surface area contributed by atoms with E-state index >= 15 is 0 Å². The average Bonchev–Trinajstić information content (AvgIpc) is 2.97. The summed E-state index contributed by atoms with van der Waals surface area (Å²) in [4.78, 5) is 28.3. The number of pyridine rings is 1. The van der Waals surface area contributed by atoms with Gasteiger partial charge in [-0.2, -0.15) is 0 Å². The van der Waals surface area contributed by atoms with E-state index in [1.54, 1.807) is 18.0 Å². The fraction of sp³-hybridized carbons (Fsp3) is 0.290. The number of piperidine rings is 1. The van der Waals surface area contributed by atoms with Crippen molar-refractivity contribution in [3.05, 3.63) is 113 Å². The van der Waals surface area contributed by atoms with Gasteiger partial charge in [-0.15, -0.1) is 0 Å². The number of benzene rings is 2. The minimum atomic E-state index is -0.0829. The predicted molar refractivity (Wildman–Crippen MR) is 158 cm³/mol. The van der Waals surface area contributed by atoms with Crippen LogP contribution in [0.1, 0.15) is 40.0 Å². The van der Waals surface area contributed by atoms with Gasteiger partial charge in [0.15, 0.2) is 5.16 Å². The van der Waals surface area contributed by atoms with E-state index in [2.05, 4.69) is 50.5 Å². The van der Waals surface area contributed by atoms with Crippen LogP contribution in [0.15, 0.2) is 90.2 Å². The number of thioether (sulfide) groups is 1. The Balaban J connectivity index is 1.10. The zero-order chi connectivity index (χ0) is 26.9. The molecule has 3 heterocycles. The van der Waals surface area contributed by atoms with Crippen molar-refractivity contribution < 1.29 is 4.79 Å². The van der Waals surface area contributed by atoms with Crippen LogP contribution in [0, 0.1) is 5.92 Å². The van der Waals surface area contributed by atoms with Crippen molar-refractivity contribution in [1.29, 1.82) is 0 Å². The largest absolute Gasteiger partial charge is 0.356 e. The van der Waals surface area contributed by atoms with Gasteiger partial charge in [-0.25, -0.2) is 9.97 Å². The first-order valence-electron chi connectivity index (χ1n) is 13.4. The normalized spacial score (nSPS) is 13.8. The van der Waals surface area contributed by atoms with Crippen molar-refractivity contribution in [3.8, 4) is 0 Å². The molecule has 2 aromatic carbocycles. The van der Waals surface area contributed by atoms with Crippen molar-refractivity contribution in [2.24, 2.45) is 5.92 Å². The van der Waals surface area contributed by atoms with Crippen LogP contribution in [0.3, 0.4) is 0 Å². The molecule has 1 N–H and O–H groups in total. The number of nitrogens with one attached hydrogen (secondary N) is 1. The van der Waals surface area contributed by atoms with Crippen LogP contribution >= 0.6 is 23.4 Å². The zero-order valence-electron chi connectivity index (χ0n) is 21.8. The average molecular weight is 558 g/mol. The summed E-state index contributed by atoms with van der Waals surface area (Å²) in [6.07, 6.45) is 5.88. The Hall–Kier alpha value is -3.42. The van der Waals surface area contributed by atoms with E-state index in [-0.39, 0.29) is 5.91 Å². The minimum Gasteiger partial charge on any atom is -0.356 e. The second-order valence-corrected chi connectivity index (χ2v) is 11.1. The van der Waals surface area contributed by atoms with Gasteiger partial charge in [0.1, 0.15) is 11.0 Å². The Kier molecular flexibility index (Phi) is 9.46. The maximum absolute atomic E-state index is 12.5. The summed E-state index contributed by atoms with van der Waals surface area (Å²) in [7, 11) is 0. The third-order valence-electron chi connectivity index (χ3n) is 6.94. The Morgan fingerprint density at radius 1 is 0.949 bits per heavy atom. The summed E-state index contributed by atoms with van der Waals surface area (Å²) < 4.78 is 0. The highest BCUT2D eigenvalue weighted by Crippen LogP contribution is 2.28. The molecule has 0 bridgehead atoms. The smallest absolute Gasteiger partial charge is 0.251 e. The van der Waals surface area contributed by atoms with Crippen LogP contribution in [0.5, 0.6) is 0 Å². The Labute approximate surface area is 239 Å². The number of halogens is 1. The lowest BCUT2D eigenvalue weighted by atomic mass is 9.90. The lowest BCUT2D eigenvalue weighted by Gasteiger charge is -2.33. The second-order valence-electron chi connectivity index (χ2n) is 9.76. The van der Waals surface area contributed by atoms with E-state index in [0.29, 0.717) is 40.5 Å². The highest BCUT2D eigenvalue weighted by molar-refractivity contribution is 7.98. The van der Waals surface area contributed by atoms with Gasteiger partial charge in [0.05, 0.1) is 0 Å². The molecule has 0 atom stereocenters. The maximum Gasteiger partial charge on any atom is 0.251 e. The van der Waals surface area contributed by atoms with E-state index in [9.17, 15) is 4.79 Å². The van der Waals surface area contributed by atoms with Gasteiger partial charge in [-0.1, -0.05) is 71.9 Å². The number of aromatic nitrogens is 3. The molecule has 1 aliphatic heterocycles. The number of carbonyl (C=O) groups is 1. The van der Waals surface area contributed by atoms with E-state index in [4.69, 9.17) is 16.6 Å². The van der Waals surface area contributed by atoms with Gasteiger partial charge in [0.25, 0.3) is 5.91 Å². The lowest BCUT2D eigenvalue weighted by Crippen LogP contribution is -2.35. The number of nitrogens with zero attached hydrogens (tertiary/aromatic N) is 4. The Morgan fingerprint density at radius 2 is 1.72 bits per heavy atom. The van der Waals surface area contributed by atoms with Crippen LogP contribution < -0.4 is 10.2 Å². The number of anilines is 1. The molecule has 4 aromatic rings. The molecule has 0 radical (unpaired) electrons. The van der Waals surface area contributed by atoms with Crippen LogP contribution in [-0.4, -0.2) is 40.5 Å². The monoisotopic (exact) mass is 557 g/mol. The molecule has 6 nitrogen and oxygen atoms in total. The molecule has 0 saturated carbocycles. The maximum atomic E-state index is 12.5. The second kappa shape index (κ2) is 13.6. The first-order chi connectivity index (χ1) is 19.1. The molecule has 1 aliphatic rings. The van der Waals surface area contributed by atoms with Crippen molar-refractivity contribution >= 4 is 35.1 Å². The number of hydrogen-bond donors (Lipinski definition) is 1. The summed E-state index contributed by atoms with van der Waals surface area (Å²) in [5.74, 6) is 2.20. The van der Waals surface area contributed by atoms with E-state index < -0.39 is 0 Å². The van der Waals surface area contributed by atoms with E-state index in [0.717, 1.165) is 49.4 Å². The quantitative estimate of drug-likeness (QED) is 0.141. The van der Waals surface area contributed by atoms with Gasteiger partial charge in [-0.05, 0) is 60.6 Å². The molecule has 5 rings (SSSR count). The van der Waals surface area contributed by atoms with Crippen LogP contribution in [-0.2, 0) is 18.6 Å². The molecule has 8 heteroatoms. The van der Waals surface area contributed by atoms with Gasteiger partial charge >= 0.3 is 0 Å². The lowest BCUT2D eigenvalue weighted by molar-refractivity contribution is 0.0954. The molecular formula is C31H32ClN5OS. The molecule has 39 heavy (non-hydrogen) atoms. The Morgan fingerprint density at radius 3 is 2.46 bits per heavy atom. The predicted octanol–water partition coefficient (Wildman–Crippen LogP) is 6.25. The molecule has 0 unspecified atom stereocenters. The van der Waals surface area contributed by atoms with Gasteiger partial charge in [0.2, 0.25) is 0 Å². The van der Waals surface area contributed by atoms with E-state index in [1.165, 1.54) is 5.56 Å². The summed E-state index contributed by atoms with van der Waals surface area (Å²) >= 11 is 7.94. The number of amides is 1. The number of carbonyl (C=O) groups excluding carboxylic acids is 1. The summed E-state index contributed by atoms with van der Waals surface area (Å²) in [5.41, 5.74) is 4.11. The number of hydrogen-bond acceptors (Lipinski definition) is 6. The number of rotatable bonds is 10. The van der Waals surface area contributed by atoms with Gasteiger partial charge < -0.3 is 10.2 Å². The van der Waals surface area contributed by atoms with Crippen LogP contribution in [0.25, 0.3) is 0 Å². The molecule has 1 saturated heterocycles.